The van der Waals surface area contributed by atoms with E-state index in [0.717, 1.165) is 0 Å². The predicted octanol–water partition coefficient (Wildman–Crippen LogP) is 0.341. The smallest absolute Gasteiger partial charge is 0.270 e. The van der Waals surface area contributed by atoms with Gasteiger partial charge in [-0.2, -0.15) is 0 Å². The van der Waals surface area contributed by atoms with E-state index in [9.17, 15) is 20.0 Å². The summed E-state index contributed by atoms with van der Waals surface area (Å²) in [6, 6.07) is 3.56. The highest BCUT2D eigenvalue weighted by molar-refractivity contribution is 5.95. The van der Waals surface area contributed by atoms with Crippen molar-refractivity contribution in [3.05, 3.63) is 39.4 Å². The zero-order valence-corrected chi connectivity index (χ0v) is 10.8. The lowest BCUT2D eigenvalue weighted by molar-refractivity contribution is -0.384. The second-order valence-corrected chi connectivity index (χ2v) is 4.43. The monoisotopic (exact) mass is 267 g/mol. The molecule has 0 heterocycles. The third-order valence-corrected chi connectivity index (χ3v) is 2.65. The van der Waals surface area contributed by atoms with Crippen molar-refractivity contribution in [3.8, 4) is 0 Å². The molecule has 0 aliphatic carbocycles. The normalized spacial score (nSPS) is 13.7. The number of nitro groups is 1. The number of nitrogens with two attached hydrogens (primary N) is 1. The first kappa shape index (κ1) is 15.1. The van der Waals surface area contributed by atoms with Crippen molar-refractivity contribution in [1.29, 1.82) is 0 Å². The Balaban J connectivity index is 2.80. The summed E-state index contributed by atoms with van der Waals surface area (Å²) in [5.74, 6) is -0.456. The Morgan fingerprint density at radius 2 is 2.16 bits per heavy atom. The van der Waals surface area contributed by atoms with Crippen molar-refractivity contribution in [1.82, 2.24) is 5.32 Å². The van der Waals surface area contributed by atoms with Gasteiger partial charge in [0.1, 0.15) is 0 Å². The van der Waals surface area contributed by atoms with Gasteiger partial charge >= 0.3 is 0 Å². The number of aliphatic hydroxyl groups is 1. The lowest BCUT2D eigenvalue weighted by Crippen LogP contribution is -2.43. The minimum absolute atomic E-state index is 0.0955. The van der Waals surface area contributed by atoms with E-state index in [1.807, 2.05) is 0 Å². The highest BCUT2D eigenvalue weighted by Gasteiger charge is 2.15. The molecule has 7 nitrogen and oxygen atoms in total. The van der Waals surface area contributed by atoms with E-state index in [2.05, 4.69) is 5.32 Å². The fourth-order valence-electron chi connectivity index (χ4n) is 1.48. The van der Waals surface area contributed by atoms with Crippen molar-refractivity contribution in [2.24, 2.45) is 5.73 Å². The summed E-state index contributed by atoms with van der Waals surface area (Å²) >= 11 is 0. The molecular weight excluding hydrogens is 250 g/mol. The van der Waals surface area contributed by atoms with Crippen LogP contribution in [0, 0.1) is 17.0 Å². The Morgan fingerprint density at radius 1 is 1.53 bits per heavy atom. The molecule has 7 heteroatoms. The number of amides is 1. The molecule has 0 aliphatic heterocycles. The average Bonchev–Trinajstić information content (AvgIpc) is 2.34. The number of non-ortho nitro benzene ring substituents is 1. The molecule has 2 atom stereocenters. The molecule has 104 valence electrons. The number of aliphatic hydroxyl groups excluding tert-OH is 1. The highest BCUT2D eigenvalue weighted by Crippen LogP contribution is 2.16. The topological polar surface area (TPSA) is 118 Å². The van der Waals surface area contributed by atoms with Gasteiger partial charge in [0.2, 0.25) is 0 Å². The van der Waals surface area contributed by atoms with Crippen LogP contribution in [0.15, 0.2) is 18.2 Å². The molecular formula is C12H17N3O4. The van der Waals surface area contributed by atoms with Crippen LogP contribution in [0.25, 0.3) is 0 Å². The van der Waals surface area contributed by atoms with Crippen molar-refractivity contribution < 1.29 is 14.8 Å². The maximum Gasteiger partial charge on any atom is 0.270 e. The van der Waals surface area contributed by atoms with E-state index in [1.165, 1.54) is 19.1 Å². The lowest BCUT2D eigenvalue weighted by atomic mass is 10.1. The van der Waals surface area contributed by atoms with Gasteiger partial charge in [-0.25, -0.2) is 0 Å². The fraction of sp³-hybridized carbons (Fsp3) is 0.417. The molecule has 1 amide bonds. The Labute approximate surface area is 110 Å². The van der Waals surface area contributed by atoms with Crippen LogP contribution in [0.4, 0.5) is 5.69 Å². The van der Waals surface area contributed by atoms with Gasteiger partial charge in [-0.1, -0.05) is 0 Å². The quantitative estimate of drug-likeness (QED) is 0.525. The zero-order valence-electron chi connectivity index (χ0n) is 10.8. The van der Waals surface area contributed by atoms with Crippen LogP contribution in [0.2, 0.25) is 0 Å². The van der Waals surface area contributed by atoms with E-state index >= 15 is 0 Å². The van der Waals surface area contributed by atoms with Crippen molar-refractivity contribution >= 4 is 11.6 Å². The standard InChI is InChI=1S/C12H17N3O4/c1-7-3-9(5-10(4-7)15(18)19)12(17)14-6-11(13)8(2)16/h3-5,8,11,16H,6,13H2,1-2H3,(H,14,17). The number of hydrogen-bond donors (Lipinski definition) is 3. The molecule has 0 spiro atoms. The zero-order chi connectivity index (χ0) is 14.6. The van der Waals surface area contributed by atoms with Gasteiger partial charge in [0.05, 0.1) is 11.0 Å². The van der Waals surface area contributed by atoms with Gasteiger partial charge < -0.3 is 16.2 Å². The first-order valence-corrected chi connectivity index (χ1v) is 5.79. The van der Waals surface area contributed by atoms with Gasteiger partial charge in [-0.3, -0.25) is 14.9 Å². The number of carbonyl (C=O) groups is 1. The number of nitrogens with one attached hydrogen (secondary N) is 1. The third kappa shape index (κ3) is 4.31. The van der Waals surface area contributed by atoms with Crippen LogP contribution in [0.3, 0.4) is 0 Å². The maximum atomic E-state index is 11.8. The summed E-state index contributed by atoms with van der Waals surface area (Å²) < 4.78 is 0. The van der Waals surface area contributed by atoms with Crippen molar-refractivity contribution in [3.63, 3.8) is 0 Å². The highest BCUT2D eigenvalue weighted by atomic mass is 16.6. The SMILES string of the molecule is Cc1cc(C(=O)NCC(N)C(C)O)cc([N+](=O)[O-])c1. The molecule has 0 bridgehead atoms. The molecule has 0 saturated heterocycles. The van der Waals surface area contributed by atoms with E-state index in [-0.39, 0.29) is 17.8 Å². The second kappa shape index (κ2) is 6.26. The van der Waals surface area contributed by atoms with Gasteiger partial charge in [0.15, 0.2) is 0 Å². The molecule has 0 aliphatic rings. The first-order valence-electron chi connectivity index (χ1n) is 5.79. The van der Waals surface area contributed by atoms with Crippen LogP contribution in [0.5, 0.6) is 0 Å². The van der Waals surface area contributed by atoms with E-state index < -0.39 is 23.0 Å². The van der Waals surface area contributed by atoms with Crippen molar-refractivity contribution in [2.45, 2.75) is 26.0 Å². The molecule has 1 rings (SSSR count). The number of nitro benzene ring substituents is 1. The summed E-state index contributed by atoms with van der Waals surface area (Å²) in [7, 11) is 0. The van der Waals surface area contributed by atoms with E-state index in [0.29, 0.717) is 5.56 Å². The van der Waals surface area contributed by atoms with E-state index in [4.69, 9.17) is 5.73 Å². The predicted molar refractivity (Wildman–Crippen MR) is 69.8 cm³/mol. The minimum atomic E-state index is -0.743. The molecule has 19 heavy (non-hydrogen) atoms. The van der Waals surface area contributed by atoms with Crippen LogP contribution < -0.4 is 11.1 Å². The lowest BCUT2D eigenvalue weighted by Gasteiger charge is -2.15. The molecule has 2 unspecified atom stereocenters. The van der Waals surface area contributed by atoms with Crippen molar-refractivity contribution in [2.75, 3.05) is 6.54 Å². The molecule has 0 radical (unpaired) electrons. The average molecular weight is 267 g/mol. The van der Waals surface area contributed by atoms with Gasteiger partial charge in [-0.05, 0) is 25.5 Å². The maximum absolute atomic E-state index is 11.8. The number of hydrogen-bond acceptors (Lipinski definition) is 5. The Morgan fingerprint density at radius 3 is 2.68 bits per heavy atom. The summed E-state index contributed by atoms with van der Waals surface area (Å²) in [4.78, 5) is 22.0. The number of carbonyl (C=O) groups excluding carboxylic acids is 1. The molecule has 0 saturated carbocycles. The first-order chi connectivity index (χ1) is 8.81. The summed E-state index contributed by atoms with van der Waals surface area (Å²) in [5.41, 5.74) is 6.27. The minimum Gasteiger partial charge on any atom is -0.392 e. The van der Waals surface area contributed by atoms with Crippen LogP contribution in [-0.4, -0.2) is 34.6 Å². The summed E-state index contributed by atoms with van der Waals surface area (Å²) in [6.07, 6.45) is -0.743. The van der Waals surface area contributed by atoms with Gasteiger partial charge in [0, 0.05) is 30.3 Å². The summed E-state index contributed by atoms with van der Waals surface area (Å²) in [6.45, 7) is 3.29. The Kier molecular flexibility index (Phi) is 4.96. The largest absolute Gasteiger partial charge is 0.392 e. The Bertz CT molecular complexity index is 488. The van der Waals surface area contributed by atoms with Crippen LogP contribution in [0.1, 0.15) is 22.8 Å². The number of rotatable bonds is 5. The molecule has 1 aromatic carbocycles. The number of aryl methyl sites for hydroxylation is 1. The molecule has 0 aromatic heterocycles. The second-order valence-electron chi connectivity index (χ2n) is 4.43. The molecule has 0 fully saturated rings. The number of nitrogens with zero attached hydrogens (tertiary/aromatic N) is 1. The van der Waals surface area contributed by atoms with Gasteiger partial charge in [0.25, 0.3) is 11.6 Å². The number of benzene rings is 1. The summed E-state index contributed by atoms with van der Waals surface area (Å²) in [5, 5.41) is 22.4. The fourth-order valence-corrected chi connectivity index (χ4v) is 1.48. The Hall–Kier alpha value is -1.99. The van der Waals surface area contributed by atoms with Crippen LogP contribution in [-0.2, 0) is 0 Å². The third-order valence-electron chi connectivity index (χ3n) is 2.65. The molecule has 4 N–H and O–H groups in total. The van der Waals surface area contributed by atoms with Gasteiger partial charge in [-0.15, -0.1) is 0 Å². The van der Waals surface area contributed by atoms with Crippen LogP contribution >= 0.6 is 0 Å². The van der Waals surface area contributed by atoms with E-state index in [1.54, 1.807) is 13.0 Å². The molecule has 1 aromatic rings.